The fourth-order valence-corrected chi connectivity index (χ4v) is 4.36. The summed E-state index contributed by atoms with van der Waals surface area (Å²) in [6.45, 7) is 4.88. The Kier molecular flexibility index (Phi) is 5.87. The highest BCUT2D eigenvalue weighted by Gasteiger charge is 2.19. The van der Waals surface area contributed by atoms with Crippen LogP contribution < -0.4 is 5.32 Å². The first-order valence-electron chi connectivity index (χ1n) is 11.2. The van der Waals surface area contributed by atoms with Crippen molar-refractivity contribution in [3.63, 3.8) is 0 Å². The first-order chi connectivity index (χ1) is 16.2. The Morgan fingerprint density at radius 2 is 1.45 bits per heavy atom. The summed E-state index contributed by atoms with van der Waals surface area (Å²) in [5, 5.41) is 21.8. The number of nitrogens with one attached hydrogen (secondary N) is 1. The average molecular weight is 433 g/mol. The minimum absolute atomic E-state index is 0.644. The molecule has 4 aromatic rings. The van der Waals surface area contributed by atoms with Gasteiger partial charge in [0.05, 0.1) is 34.7 Å². The van der Waals surface area contributed by atoms with E-state index in [9.17, 15) is 5.26 Å². The quantitative estimate of drug-likeness (QED) is 0.523. The van der Waals surface area contributed by atoms with E-state index in [2.05, 4.69) is 39.0 Å². The molecule has 0 saturated carbocycles. The van der Waals surface area contributed by atoms with E-state index in [4.69, 9.17) is 10.2 Å². The van der Waals surface area contributed by atoms with Gasteiger partial charge in [-0.3, -0.25) is 4.90 Å². The molecule has 6 heteroatoms. The number of hydrogen-bond acceptors (Lipinski definition) is 5. The van der Waals surface area contributed by atoms with Crippen molar-refractivity contribution >= 4 is 5.65 Å². The standard InChI is InChI=1S/C27H24N6/c28-16-20-2-6-22(7-3-20)24-10-11-26-31-27(23-8-4-21(17-29)5-9-23)25(33(26)18-24)19-32-14-1-12-30-13-15-32/h2-11,18,30H,1,12-15,19H2. The third-order valence-corrected chi connectivity index (χ3v) is 6.16. The van der Waals surface area contributed by atoms with Crippen LogP contribution in [0.2, 0.25) is 0 Å². The molecule has 0 atom stereocenters. The SMILES string of the molecule is N#Cc1ccc(-c2ccc3nc(-c4ccc(C#N)cc4)c(CN4CCCNCC4)n3c2)cc1. The maximum Gasteiger partial charge on any atom is 0.137 e. The molecule has 1 fully saturated rings. The zero-order valence-corrected chi connectivity index (χ0v) is 18.3. The highest BCUT2D eigenvalue weighted by Crippen LogP contribution is 2.29. The van der Waals surface area contributed by atoms with Gasteiger partial charge in [0, 0.05) is 31.4 Å². The number of fused-ring (bicyclic) bond motifs is 1. The van der Waals surface area contributed by atoms with Gasteiger partial charge in [-0.15, -0.1) is 0 Å². The Balaban J connectivity index is 1.61. The van der Waals surface area contributed by atoms with Crippen LogP contribution in [0.1, 0.15) is 23.2 Å². The molecular formula is C27H24N6. The van der Waals surface area contributed by atoms with Crippen LogP contribution in [0.4, 0.5) is 0 Å². The molecule has 5 rings (SSSR count). The number of benzene rings is 2. The van der Waals surface area contributed by atoms with E-state index in [1.54, 1.807) is 0 Å². The molecule has 162 valence electrons. The summed E-state index contributed by atoms with van der Waals surface area (Å²) < 4.78 is 2.19. The van der Waals surface area contributed by atoms with Crippen LogP contribution >= 0.6 is 0 Å². The number of aromatic nitrogens is 2. The number of pyridine rings is 1. The molecule has 33 heavy (non-hydrogen) atoms. The van der Waals surface area contributed by atoms with E-state index < -0.39 is 0 Å². The van der Waals surface area contributed by atoms with Crippen molar-refractivity contribution in [3.05, 3.63) is 83.7 Å². The maximum absolute atomic E-state index is 9.18. The Morgan fingerprint density at radius 1 is 0.788 bits per heavy atom. The van der Waals surface area contributed by atoms with Crippen molar-refractivity contribution in [2.24, 2.45) is 0 Å². The average Bonchev–Trinajstić information content (AvgIpc) is 3.03. The largest absolute Gasteiger partial charge is 0.315 e. The molecule has 1 saturated heterocycles. The third kappa shape index (κ3) is 4.36. The summed E-state index contributed by atoms with van der Waals surface area (Å²) >= 11 is 0. The van der Waals surface area contributed by atoms with Gasteiger partial charge in [-0.2, -0.15) is 10.5 Å². The summed E-state index contributed by atoms with van der Waals surface area (Å²) in [4.78, 5) is 7.46. The van der Waals surface area contributed by atoms with E-state index in [0.29, 0.717) is 11.1 Å². The van der Waals surface area contributed by atoms with Crippen molar-refractivity contribution < 1.29 is 0 Å². The van der Waals surface area contributed by atoms with Gasteiger partial charge in [0.25, 0.3) is 0 Å². The minimum Gasteiger partial charge on any atom is -0.315 e. The van der Waals surface area contributed by atoms with E-state index in [0.717, 1.165) is 72.9 Å². The number of nitriles is 2. The van der Waals surface area contributed by atoms with Crippen molar-refractivity contribution in [1.29, 1.82) is 10.5 Å². The molecular weight excluding hydrogens is 408 g/mol. The fraction of sp³-hybridized carbons (Fsp3) is 0.222. The summed E-state index contributed by atoms with van der Waals surface area (Å²) in [5.41, 5.74) is 7.45. The molecule has 3 heterocycles. The Labute approximate surface area is 193 Å². The van der Waals surface area contributed by atoms with Crippen LogP contribution in [0, 0.1) is 22.7 Å². The molecule has 0 aliphatic carbocycles. The topological polar surface area (TPSA) is 80.1 Å². The number of hydrogen-bond donors (Lipinski definition) is 1. The number of imidazole rings is 1. The molecule has 0 spiro atoms. The zero-order valence-electron chi connectivity index (χ0n) is 18.3. The van der Waals surface area contributed by atoms with Gasteiger partial charge in [-0.1, -0.05) is 24.3 Å². The summed E-state index contributed by atoms with van der Waals surface area (Å²) in [5.74, 6) is 0. The molecule has 6 nitrogen and oxygen atoms in total. The maximum atomic E-state index is 9.18. The zero-order chi connectivity index (χ0) is 22.6. The van der Waals surface area contributed by atoms with Gasteiger partial charge in [-0.05, 0) is 67.0 Å². The van der Waals surface area contributed by atoms with Crippen molar-refractivity contribution in [3.8, 4) is 34.5 Å². The lowest BCUT2D eigenvalue weighted by Gasteiger charge is -2.20. The van der Waals surface area contributed by atoms with Crippen LogP contribution in [-0.4, -0.2) is 40.5 Å². The predicted molar refractivity (Wildman–Crippen MR) is 128 cm³/mol. The normalized spacial score (nSPS) is 14.5. The second-order valence-electron chi connectivity index (χ2n) is 8.31. The van der Waals surface area contributed by atoms with Gasteiger partial charge >= 0.3 is 0 Å². The third-order valence-electron chi connectivity index (χ3n) is 6.16. The first kappa shape index (κ1) is 20.9. The predicted octanol–water partition coefficient (Wildman–Crippen LogP) is 4.21. The molecule has 0 bridgehead atoms. The second-order valence-corrected chi connectivity index (χ2v) is 8.31. The summed E-state index contributed by atoms with van der Waals surface area (Å²) in [6.07, 6.45) is 3.27. The lowest BCUT2D eigenvalue weighted by atomic mass is 10.1. The van der Waals surface area contributed by atoms with Gasteiger partial charge < -0.3 is 9.72 Å². The monoisotopic (exact) mass is 432 g/mol. The van der Waals surface area contributed by atoms with Crippen LogP contribution in [0.5, 0.6) is 0 Å². The number of nitrogens with zero attached hydrogens (tertiary/aromatic N) is 5. The van der Waals surface area contributed by atoms with Gasteiger partial charge in [0.15, 0.2) is 0 Å². The molecule has 0 amide bonds. The smallest absolute Gasteiger partial charge is 0.137 e. The van der Waals surface area contributed by atoms with Crippen LogP contribution in [-0.2, 0) is 6.54 Å². The van der Waals surface area contributed by atoms with E-state index >= 15 is 0 Å². The first-order valence-corrected chi connectivity index (χ1v) is 11.2. The van der Waals surface area contributed by atoms with E-state index in [-0.39, 0.29) is 0 Å². The second kappa shape index (κ2) is 9.26. The van der Waals surface area contributed by atoms with Crippen molar-refractivity contribution in [2.45, 2.75) is 13.0 Å². The number of rotatable bonds is 4. The van der Waals surface area contributed by atoms with Crippen molar-refractivity contribution in [1.82, 2.24) is 19.6 Å². The highest BCUT2D eigenvalue weighted by molar-refractivity contribution is 5.70. The fourth-order valence-electron chi connectivity index (χ4n) is 4.36. The summed E-state index contributed by atoms with van der Waals surface area (Å²) in [7, 11) is 0. The Morgan fingerprint density at radius 3 is 2.15 bits per heavy atom. The van der Waals surface area contributed by atoms with Gasteiger partial charge in [-0.25, -0.2) is 4.98 Å². The summed E-state index contributed by atoms with van der Waals surface area (Å²) in [6, 6.07) is 23.8. The van der Waals surface area contributed by atoms with Gasteiger partial charge in [0.2, 0.25) is 0 Å². The van der Waals surface area contributed by atoms with E-state index in [1.807, 2.05) is 54.6 Å². The van der Waals surface area contributed by atoms with Crippen LogP contribution in [0.25, 0.3) is 28.0 Å². The lowest BCUT2D eigenvalue weighted by molar-refractivity contribution is 0.281. The Hall–Kier alpha value is -3.97. The van der Waals surface area contributed by atoms with E-state index in [1.165, 1.54) is 0 Å². The molecule has 1 N–H and O–H groups in total. The minimum atomic E-state index is 0.644. The van der Waals surface area contributed by atoms with Crippen LogP contribution in [0.3, 0.4) is 0 Å². The Bertz CT molecular complexity index is 1350. The molecule has 1 aliphatic rings. The molecule has 0 unspecified atom stereocenters. The lowest BCUT2D eigenvalue weighted by Crippen LogP contribution is -2.28. The van der Waals surface area contributed by atoms with Crippen molar-refractivity contribution in [2.75, 3.05) is 26.2 Å². The highest BCUT2D eigenvalue weighted by atomic mass is 15.2. The van der Waals surface area contributed by atoms with Gasteiger partial charge in [0.1, 0.15) is 5.65 Å². The molecule has 2 aromatic heterocycles. The molecule has 2 aromatic carbocycles. The van der Waals surface area contributed by atoms with Crippen LogP contribution in [0.15, 0.2) is 66.9 Å². The molecule has 0 radical (unpaired) electrons. The molecule has 1 aliphatic heterocycles.